The molecule has 7 nitrogen and oxygen atoms in total. The Hall–Kier alpha value is -2.58. The highest BCUT2D eigenvalue weighted by molar-refractivity contribution is 7.19. The number of anilines is 1. The molecule has 0 spiro atoms. The third-order valence-corrected chi connectivity index (χ3v) is 6.39. The van der Waals surface area contributed by atoms with Crippen LogP contribution < -0.4 is 4.90 Å². The lowest BCUT2D eigenvalue weighted by molar-refractivity contribution is -0.141. The van der Waals surface area contributed by atoms with Gasteiger partial charge in [-0.1, -0.05) is 0 Å². The van der Waals surface area contributed by atoms with Crippen molar-refractivity contribution in [1.82, 2.24) is 15.0 Å². The molecule has 158 valence electrons. The summed E-state index contributed by atoms with van der Waals surface area (Å²) in [7, 11) is 1.66. The van der Waals surface area contributed by atoms with Gasteiger partial charge in [0.15, 0.2) is 5.82 Å². The summed E-state index contributed by atoms with van der Waals surface area (Å²) >= 11 is 1.75. The molecule has 3 aromatic heterocycles. The molecule has 0 aromatic carbocycles. The lowest BCUT2D eigenvalue weighted by Gasteiger charge is -2.24. The Bertz CT molecular complexity index is 1020. The molecule has 0 fully saturated rings. The number of nitrogens with zero attached hydrogens (tertiary/aromatic N) is 4. The Kier molecular flexibility index (Phi) is 6.54. The van der Waals surface area contributed by atoms with Crippen LogP contribution >= 0.6 is 11.3 Å². The van der Waals surface area contributed by atoms with E-state index in [2.05, 4.69) is 4.98 Å². The topological polar surface area (TPSA) is 77.4 Å². The lowest BCUT2D eigenvalue weighted by Crippen LogP contribution is -2.34. The highest BCUT2D eigenvalue weighted by Crippen LogP contribution is 2.40. The van der Waals surface area contributed by atoms with Crippen LogP contribution in [0.2, 0.25) is 0 Å². The molecule has 1 aliphatic carbocycles. The maximum atomic E-state index is 12.4. The minimum atomic E-state index is -0.271. The van der Waals surface area contributed by atoms with Gasteiger partial charge in [-0.3, -0.25) is 9.78 Å². The third-order valence-electron chi connectivity index (χ3n) is 5.21. The smallest absolute Gasteiger partial charge is 0.325 e. The van der Waals surface area contributed by atoms with E-state index in [4.69, 9.17) is 19.4 Å². The van der Waals surface area contributed by atoms with Crippen molar-refractivity contribution in [2.24, 2.45) is 0 Å². The van der Waals surface area contributed by atoms with Gasteiger partial charge < -0.3 is 14.4 Å². The van der Waals surface area contributed by atoms with Crippen molar-refractivity contribution in [3.63, 3.8) is 0 Å². The van der Waals surface area contributed by atoms with Crippen molar-refractivity contribution in [2.45, 2.75) is 32.6 Å². The summed E-state index contributed by atoms with van der Waals surface area (Å²) in [6, 6.07) is 3.83. The number of carbonyl (C=O) groups is 1. The molecule has 0 bridgehead atoms. The van der Waals surface area contributed by atoms with Crippen LogP contribution in [0.25, 0.3) is 21.6 Å². The van der Waals surface area contributed by atoms with Crippen molar-refractivity contribution in [3.05, 3.63) is 35.0 Å². The van der Waals surface area contributed by atoms with Gasteiger partial charge in [0.25, 0.3) is 0 Å². The number of fused-ring (bicyclic) bond motifs is 3. The number of ether oxygens (including phenoxy) is 2. The zero-order valence-corrected chi connectivity index (χ0v) is 18.2. The highest BCUT2D eigenvalue weighted by Gasteiger charge is 2.25. The summed E-state index contributed by atoms with van der Waals surface area (Å²) in [4.78, 5) is 30.7. The first-order chi connectivity index (χ1) is 14.7. The molecule has 4 rings (SSSR count). The number of esters is 1. The minimum Gasteiger partial charge on any atom is -0.465 e. The Morgan fingerprint density at radius 3 is 2.90 bits per heavy atom. The number of pyridine rings is 1. The Morgan fingerprint density at radius 1 is 1.27 bits per heavy atom. The third kappa shape index (κ3) is 4.29. The quantitative estimate of drug-likeness (QED) is 0.509. The summed E-state index contributed by atoms with van der Waals surface area (Å²) in [6.07, 6.45) is 7.97. The monoisotopic (exact) mass is 426 g/mol. The molecule has 3 aromatic rings. The molecular weight excluding hydrogens is 400 g/mol. The van der Waals surface area contributed by atoms with E-state index in [1.807, 2.05) is 24.0 Å². The zero-order chi connectivity index (χ0) is 20.9. The molecule has 0 saturated heterocycles. The van der Waals surface area contributed by atoms with Gasteiger partial charge in [0, 0.05) is 36.5 Å². The fraction of sp³-hybridized carbons (Fsp3) is 0.455. The number of aromatic nitrogens is 3. The number of hydrogen-bond donors (Lipinski definition) is 0. The number of thiophene rings is 1. The normalized spacial score (nSPS) is 13.3. The van der Waals surface area contributed by atoms with Crippen LogP contribution in [0.4, 0.5) is 5.82 Å². The average molecular weight is 427 g/mol. The molecule has 8 heteroatoms. The van der Waals surface area contributed by atoms with E-state index >= 15 is 0 Å². The van der Waals surface area contributed by atoms with Crippen LogP contribution in [0.5, 0.6) is 0 Å². The van der Waals surface area contributed by atoms with Crippen LogP contribution in [0.3, 0.4) is 0 Å². The predicted octanol–water partition coefficient (Wildman–Crippen LogP) is 3.65. The Morgan fingerprint density at radius 2 is 2.13 bits per heavy atom. The van der Waals surface area contributed by atoms with E-state index in [1.165, 1.54) is 23.3 Å². The highest BCUT2D eigenvalue weighted by atomic mass is 32.1. The molecule has 0 unspecified atom stereocenters. The first kappa shape index (κ1) is 20.7. The minimum absolute atomic E-state index is 0.125. The van der Waals surface area contributed by atoms with E-state index in [0.717, 1.165) is 34.4 Å². The fourth-order valence-electron chi connectivity index (χ4n) is 3.81. The van der Waals surface area contributed by atoms with Gasteiger partial charge in [0.05, 0.1) is 18.6 Å². The predicted molar refractivity (Wildman–Crippen MR) is 118 cm³/mol. The summed E-state index contributed by atoms with van der Waals surface area (Å²) in [6.45, 7) is 3.32. The van der Waals surface area contributed by atoms with E-state index in [1.54, 1.807) is 30.8 Å². The molecule has 3 heterocycles. The van der Waals surface area contributed by atoms with E-state index in [-0.39, 0.29) is 12.5 Å². The van der Waals surface area contributed by atoms with Crippen molar-refractivity contribution >= 4 is 33.3 Å². The van der Waals surface area contributed by atoms with Crippen LogP contribution in [0.15, 0.2) is 24.5 Å². The van der Waals surface area contributed by atoms with Crippen molar-refractivity contribution in [3.8, 4) is 11.4 Å². The molecule has 1 aliphatic rings. The zero-order valence-electron chi connectivity index (χ0n) is 17.4. The maximum absolute atomic E-state index is 12.4. The van der Waals surface area contributed by atoms with Crippen LogP contribution in [0.1, 0.15) is 30.2 Å². The first-order valence-corrected chi connectivity index (χ1v) is 11.1. The molecule has 0 radical (unpaired) electrons. The summed E-state index contributed by atoms with van der Waals surface area (Å²) in [5.41, 5.74) is 2.19. The van der Waals surface area contributed by atoms with Gasteiger partial charge in [-0.2, -0.15) is 0 Å². The summed E-state index contributed by atoms with van der Waals surface area (Å²) in [5.74, 6) is 1.13. The summed E-state index contributed by atoms with van der Waals surface area (Å²) < 4.78 is 10.5. The Balaban J connectivity index is 1.87. The van der Waals surface area contributed by atoms with Gasteiger partial charge >= 0.3 is 5.97 Å². The number of hydrogen-bond acceptors (Lipinski definition) is 8. The van der Waals surface area contributed by atoms with Crippen LogP contribution in [-0.2, 0) is 27.1 Å². The first-order valence-electron chi connectivity index (χ1n) is 10.3. The molecule has 0 amide bonds. The largest absolute Gasteiger partial charge is 0.465 e. The average Bonchev–Trinajstić information content (AvgIpc) is 3.15. The Labute approximate surface area is 180 Å². The van der Waals surface area contributed by atoms with Crippen molar-refractivity contribution in [1.29, 1.82) is 0 Å². The van der Waals surface area contributed by atoms with Gasteiger partial charge in [-0.25, -0.2) is 9.97 Å². The van der Waals surface area contributed by atoms with Gasteiger partial charge in [-0.15, -0.1) is 11.3 Å². The second kappa shape index (κ2) is 9.49. The van der Waals surface area contributed by atoms with Crippen LogP contribution in [-0.4, -0.2) is 54.3 Å². The molecule has 0 atom stereocenters. The van der Waals surface area contributed by atoms with Crippen LogP contribution in [0, 0.1) is 0 Å². The molecule has 0 saturated carbocycles. The number of methoxy groups -OCH3 is 1. The molecule has 0 N–H and O–H groups in total. The standard InChI is InChI=1S/C22H26N4O3S/c1-3-29-18(27)14-26(11-12-28-2)21-19-16-8-4-5-9-17(16)30-22(19)25-20(24-21)15-7-6-10-23-13-15/h6-7,10,13H,3-5,8-9,11-12,14H2,1-2H3. The molecular formula is C22H26N4O3S. The van der Waals surface area contributed by atoms with Crippen molar-refractivity contribution in [2.75, 3.05) is 38.3 Å². The number of rotatable bonds is 8. The maximum Gasteiger partial charge on any atom is 0.325 e. The van der Waals surface area contributed by atoms with Crippen molar-refractivity contribution < 1.29 is 14.3 Å². The second-order valence-corrected chi connectivity index (χ2v) is 8.31. The van der Waals surface area contributed by atoms with E-state index in [0.29, 0.717) is 25.6 Å². The number of carbonyl (C=O) groups excluding carboxylic acids is 1. The fourth-order valence-corrected chi connectivity index (χ4v) is 5.07. The lowest BCUT2D eigenvalue weighted by atomic mass is 9.97. The molecule has 0 aliphatic heterocycles. The summed E-state index contributed by atoms with van der Waals surface area (Å²) in [5, 5.41) is 1.07. The number of aryl methyl sites for hydroxylation is 2. The molecule has 30 heavy (non-hydrogen) atoms. The van der Waals surface area contributed by atoms with Gasteiger partial charge in [0.2, 0.25) is 0 Å². The SMILES string of the molecule is CCOC(=O)CN(CCOC)c1nc(-c2cccnc2)nc2sc3c(c12)CCCC3. The van der Waals surface area contributed by atoms with E-state index < -0.39 is 0 Å². The van der Waals surface area contributed by atoms with Gasteiger partial charge in [-0.05, 0) is 50.3 Å². The van der Waals surface area contributed by atoms with Gasteiger partial charge in [0.1, 0.15) is 17.2 Å². The second-order valence-electron chi connectivity index (χ2n) is 7.22. The van der Waals surface area contributed by atoms with E-state index in [9.17, 15) is 4.79 Å².